The van der Waals surface area contributed by atoms with E-state index in [0.29, 0.717) is 6.29 Å². The van der Waals surface area contributed by atoms with Crippen LogP contribution < -0.4 is 9.47 Å². The number of hydrogen-bond donors (Lipinski definition) is 2. The maximum Gasteiger partial charge on any atom is 0.203 e. The number of ether oxygens (including phenoxy) is 2. The van der Waals surface area contributed by atoms with Crippen LogP contribution in [0.2, 0.25) is 0 Å². The summed E-state index contributed by atoms with van der Waals surface area (Å²) in [4.78, 5) is 10.6. The Labute approximate surface area is 80.5 Å². The molecule has 14 heavy (non-hydrogen) atoms. The second-order valence-corrected chi connectivity index (χ2v) is 2.51. The monoisotopic (exact) mass is 198 g/mol. The van der Waals surface area contributed by atoms with Gasteiger partial charge in [-0.05, 0) is 0 Å². The number of methoxy groups -OCH3 is 2. The second kappa shape index (κ2) is 3.87. The lowest BCUT2D eigenvalue weighted by molar-refractivity contribution is 0.111. The van der Waals surface area contributed by atoms with Gasteiger partial charge in [0.1, 0.15) is 11.3 Å². The fraction of sp³-hybridized carbons (Fsp3) is 0.222. The number of rotatable bonds is 3. The Bertz CT molecular complexity index is 359. The Balaban J connectivity index is 3.46. The van der Waals surface area contributed by atoms with Gasteiger partial charge in [-0.15, -0.1) is 0 Å². The zero-order valence-electron chi connectivity index (χ0n) is 7.77. The highest BCUT2D eigenvalue weighted by atomic mass is 16.5. The third-order valence-corrected chi connectivity index (χ3v) is 1.78. The zero-order chi connectivity index (χ0) is 10.7. The van der Waals surface area contributed by atoms with Crippen molar-refractivity contribution in [3.63, 3.8) is 0 Å². The van der Waals surface area contributed by atoms with E-state index in [1.807, 2.05) is 0 Å². The van der Waals surface area contributed by atoms with Crippen molar-refractivity contribution in [2.75, 3.05) is 14.2 Å². The minimum Gasteiger partial charge on any atom is -0.504 e. The average molecular weight is 198 g/mol. The summed E-state index contributed by atoms with van der Waals surface area (Å²) in [6, 6.07) is 1.20. The predicted molar refractivity (Wildman–Crippen MR) is 48.3 cm³/mol. The average Bonchev–Trinajstić information content (AvgIpc) is 2.17. The number of hydrogen-bond acceptors (Lipinski definition) is 5. The molecule has 0 aliphatic rings. The molecule has 0 saturated heterocycles. The molecule has 76 valence electrons. The molecule has 0 saturated carbocycles. The molecule has 0 atom stereocenters. The number of phenols is 2. The number of benzene rings is 1. The first-order valence-corrected chi connectivity index (χ1v) is 3.77. The number of aromatic hydroxyl groups is 2. The standard InChI is InChI=1S/C9H10O5/c1-13-7-3-6(11)9(14-2)8(12)5(7)4-10/h3-4,11-12H,1-2H3. The first kappa shape index (κ1) is 10.2. The quantitative estimate of drug-likeness (QED) is 0.706. The molecule has 0 aliphatic heterocycles. The zero-order valence-corrected chi connectivity index (χ0v) is 7.77. The number of carbonyl (C=O) groups is 1. The van der Waals surface area contributed by atoms with E-state index in [9.17, 15) is 15.0 Å². The van der Waals surface area contributed by atoms with Gasteiger partial charge < -0.3 is 19.7 Å². The lowest BCUT2D eigenvalue weighted by Crippen LogP contribution is -1.94. The molecule has 1 aromatic rings. The highest BCUT2D eigenvalue weighted by Crippen LogP contribution is 2.42. The normalized spacial score (nSPS) is 9.57. The van der Waals surface area contributed by atoms with E-state index in [1.165, 1.54) is 20.3 Å². The van der Waals surface area contributed by atoms with Gasteiger partial charge in [-0.25, -0.2) is 0 Å². The summed E-state index contributed by atoms with van der Waals surface area (Å²) in [5.41, 5.74) is -0.0536. The van der Waals surface area contributed by atoms with Crippen LogP contribution in [-0.2, 0) is 0 Å². The highest BCUT2D eigenvalue weighted by molar-refractivity contribution is 5.86. The SMILES string of the molecule is COc1cc(O)c(OC)c(O)c1C=O. The van der Waals surface area contributed by atoms with Crippen LogP contribution in [0.5, 0.6) is 23.0 Å². The summed E-state index contributed by atoms with van der Waals surface area (Å²) in [7, 11) is 2.60. The molecule has 1 aromatic carbocycles. The molecule has 1 rings (SSSR count). The van der Waals surface area contributed by atoms with Gasteiger partial charge in [-0.3, -0.25) is 4.79 Å². The molecular formula is C9H10O5. The largest absolute Gasteiger partial charge is 0.504 e. The molecule has 0 unspecified atom stereocenters. The van der Waals surface area contributed by atoms with Gasteiger partial charge in [0.25, 0.3) is 0 Å². The van der Waals surface area contributed by atoms with E-state index < -0.39 is 5.75 Å². The first-order chi connectivity index (χ1) is 6.65. The fourth-order valence-electron chi connectivity index (χ4n) is 1.11. The molecule has 0 amide bonds. The Morgan fingerprint density at radius 3 is 2.36 bits per heavy atom. The maximum absolute atomic E-state index is 10.6. The summed E-state index contributed by atoms with van der Waals surface area (Å²) in [5, 5.41) is 18.8. The van der Waals surface area contributed by atoms with E-state index in [-0.39, 0.29) is 22.8 Å². The fourth-order valence-corrected chi connectivity index (χ4v) is 1.11. The summed E-state index contributed by atoms with van der Waals surface area (Å²) in [6.45, 7) is 0. The van der Waals surface area contributed by atoms with Crippen LogP contribution in [0.3, 0.4) is 0 Å². The molecule has 0 radical (unpaired) electrons. The lowest BCUT2D eigenvalue weighted by atomic mass is 10.1. The summed E-state index contributed by atoms with van der Waals surface area (Å²) >= 11 is 0. The van der Waals surface area contributed by atoms with Crippen LogP contribution in [0.25, 0.3) is 0 Å². The van der Waals surface area contributed by atoms with Gasteiger partial charge in [-0.2, -0.15) is 0 Å². The summed E-state index contributed by atoms with van der Waals surface area (Å²) < 4.78 is 9.49. The summed E-state index contributed by atoms with van der Waals surface area (Å²) in [6.07, 6.45) is 0.427. The van der Waals surface area contributed by atoms with Gasteiger partial charge in [0.2, 0.25) is 5.75 Å². The van der Waals surface area contributed by atoms with Crippen LogP contribution >= 0.6 is 0 Å². The van der Waals surface area contributed by atoms with Gasteiger partial charge in [0.15, 0.2) is 17.8 Å². The smallest absolute Gasteiger partial charge is 0.203 e. The van der Waals surface area contributed by atoms with E-state index in [2.05, 4.69) is 0 Å². The molecule has 0 spiro atoms. The molecular weight excluding hydrogens is 188 g/mol. The van der Waals surface area contributed by atoms with Gasteiger partial charge in [0.05, 0.1) is 14.2 Å². The van der Waals surface area contributed by atoms with E-state index >= 15 is 0 Å². The Kier molecular flexibility index (Phi) is 2.81. The van der Waals surface area contributed by atoms with Crippen molar-refractivity contribution in [1.29, 1.82) is 0 Å². The number of phenolic OH excluding ortho intramolecular Hbond substituents is 2. The molecule has 0 heterocycles. The van der Waals surface area contributed by atoms with E-state index in [1.54, 1.807) is 0 Å². The molecule has 0 aliphatic carbocycles. The highest BCUT2D eigenvalue weighted by Gasteiger charge is 2.17. The lowest BCUT2D eigenvalue weighted by Gasteiger charge is -2.10. The Morgan fingerprint density at radius 1 is 1.29 bits per heavy atom. The van der Waals surface area contributed by atoms with Gasteiger partial charge in [-0.1, -0.05) is 0 Å². The first-order valence-electron chi connectivity index (χ1n) is 3.77. The van der Waals surface area contributed by atoms with Crippen LogP contribution in [-0.4, -0.2) is 30.7 Å². The molecule has 0 fully saturated rings. The van der Waals surface area contributed by atoms with Crippen LogP contribution in [0, 0.1) is 0 Å². The third kappa shape index (κ3) is 1.44. The molecule has 2 N–H and O–H groups in total. The van der Waals surface area contributed by atoms with E-state index in [0.717, 1.165) is 0 Å². The Morgan fingerprint density at radius 2 is 1.93 bits per heavy atom. The van der Waals surface area contributed by atoms with Crippen molar-refractivity contribution < 1.29 is 24.5 Å². The molecule has 0 aromatic heterocycles. The minimum atomic E-state index is -0.431. The second-order valence-electron chi connectivity index (χ2n) is 2.51. The van der Waals surface area contributed by atoms with Crippen molar-refractivity contribution in [3.8, 4) is 23.0 Å². The molecule has 5 nitrogen and oxygen atoms in total. The van der Waals surface area contributed by atoms with Crippen molar-refractivity contribution in [1.82, 2.24) is 0 Å². The van der Waals surface area contributed by atoms with Gasteiger partial charge >= 0.3 is 0 Å². The van der Waals surface area contributed by atoms with Crippen LogP contribution in [0.15, 0.2) is 6.07 Å². The molecule has 0 bridgehead atoms. The van der Waals surface area contributed by atoms with Crippen molar-refractivity contribution in [2.45, 2.75) is 0 Å². The van der Waals surface area contributed by atoms with Crippen molar-refractivity contribution in [2.24, 2.45) is 0 Å². The van der Waals surface area contributed by atoms with Crippen molar-refractivity contribution >= 4 is 6.29 Å². The Hall–Kier alpha value is -1.91. The molecule has 5 heteroatoms. The topological polar surface area (TPSA) is 76.0 Å². The van der Waals surface area contributed by atoms with E-state index in [4.69, 9.17) is 9.47 Å². The van der Waals surface area contributed by atoms with Crippen LogP contribution in [0.4, 0.5) is 0 Å². The third-order valence-electron chi connectivity index (χ3n) is 1.78. The van der Waals surface area contributed by atoms with Crippen LogP contribution in [0.1, 0.15) is 10.4 Å². The predicted octanol–water partition coefficient (Wildman–Crippen LogP) is 0.927. The number of carbonyl (C=O) groups excluding carboxylic acids is 1. The minimum absolute atomic E-state index is 0.0536. The maximum atomic E-state index is 10.6. The van der Waals surface area contributed by atoms with Gasteiger partial charge in [0, 0.05) is 6.07 Å². The summed E-state index contributed by atoms with van der Waals surface area (Å²) in [5.74, 6) is -0.768. The number of aldehydes is 1. The van der Waals surface area contributed by atoms with Crippen molar-refractivity contribution in [3.05, 3.63) is 11.6 Å².